The molecule has 140 valence electrons. The van der Waals surface area contributed by atoms with Crippen LogP contribution in [0.15, 0.2) is 30.3 Å². The van der Waals surface area contributed by atoms with Crippen LogP contribution in [-0.4, -0.2) is 38.9 Å². The van der Waals surface area contributed by atoms with Gasteiger partial charge in [0.15, 0.2) is 5.65 Å². The zero-order valence-corrected chi connectivity index (χ0v) is 15.9. The number of β-amino-alcohol motifs (C(OH)–C–C–N with tert-alkyl or cyclic N) is 1. The normalized spacial score (nSPS) is 20.1. The summed E-state index contributed by atoms with van der Waals surface area (Å²) < 4.78 is 2.03. The Morgan fingerprint density at radius 2 is 2.00 bits per heavy atom. The van der Waals surface area contributed by atoms with Gasteiger partial charge in [0.25, 0.3) is 0 Å². The number of nitrogens with zero attached hydrogens (tertiary/aromatic N) is 4. The first-order valence-corrected chi connectivity index (χ1v) is 10.1. The molecule has 1 atom stereocenters. The standard InChI is InChI=1S/C22H26N4O/c1-15-6-4-7-16(12-15)20-13-21-23-19-10-3-2-9-18(19)22(26(21)24-20)25-11-5-8-17(27)14-25/h4,6-7,12-13,17,27H,2-3,5,8-11,14H2,1H3. The smallest absolute Gasteiger partial charge is 0.158 e. The van der Waals surface area contributed by atoms with Crippen LogP contribution >= 0.6 is 0 Å². The number of fused-ring (bicyclic) bond motifs is 2. The van der Waals surface area contributed by atoms with Crippen LogP contribution in [0.1, 0.15) is 42.5 Å². The van der Waals surface area contributed by atoms with E-state index in [1.54, 1.807) is 0 Å². The number of aliphatic hydroxyl groups is 1. The Balaban J connectivity index is 1.70. The summed E-state index contributed by atoms with van der Waals surface area (Å²) in [7, 11) is 0. The molecule has 5 nitrogen and oxygen atoms in total. The summed E-state index contributed by atoms with van der Waals surface area (Å²) in [5, 5.41) is 15.2. The monoisotopic (exact) mass is 362 g/mol. The van der Waals surface area contributed by atoms with Crippen LogP contribution in [0.4, 0.5) is 5.82 Å². The lowest BCUT2D eigenvalue weighted by Crippen LogP contribution is -2.40. The Hall–Kier alpha value is -2.40. The van der Waals surface area contributed by atoms with Crippen molar-refractivity contribution < 1.29 is 5.11 Å². The Labute approximate surface area is 159 Å². The van der Waals surface area contributed by atoms with Gasteiger partial charge in [0, 0.05) is 36.0 Å². The molecule has 1 fully saturated rings. The van der Waals surface area contributed by atoms with Crippen LogP contribution < -0.4 is 4.90 Å². The van der Waals surface area contributed by atoms with Crippen molar-refractivity contribution in [3.8, 4) is 11.3 Å². The predicted molar refractivity (Wildman–Crippen MR) is 107 cm³/mol. The van der Waals surface area contributed by atoms with Crippen LogP contribution in [-0.2, 0) is 12.8 Å². The second kappa shape index (κ2) is 6.64. The maximum absolute atomic E-state index is 10.2. The van der Waals surface area contributed by atoms with Gasteiger partial charge >= 0.3 is 0 Å². The number of hydrogen-bond donors (Lipinski definition) is 1. The number of aryl methyl sites for hydroxylation is 2. The first-order valence-electron chi connectivity index (χ1n) is 10.1. The molecule has 2 aliphatic rings. The van der Waals surface area contributed by atoms with Crippen LogP contribution in [0.3, 0.4) is 0 Å². The number of rotatable bonds is 2. The molecule has 2 aromatic heterocycles. The van der Waals surface area contributed by atoms with Gasteiger partial charge in [0.1, 0.15) is 5.82 Å². The Kier molecular flexibility index (Phi) is 4.12. The number of anilines is 1. The molecule has 1 aromatic carbocycles. The van der Waals surface area contributed by atoms with Crippen molar-refractivity contribution >= 4 is 11.5 Å². The molecular formula is C22H26N4O. The highest BCUT2D eigenvalue weighted by atomic mass is 16.3. The van der Waals surface area contributed by atoms with Gasteiger partial charge in [-0.15, -0.1) is 0 Å². The third-order valence-electron chi connectivity index (χ3n) is 5.86. The average molecular weight is 362 g/mol. The fraction of sp³-hybridized carbons (Fsp3) is 0.455. The molecule has 0 amide bonds. The first-order chi connectivity index (χ1) is 13.2. The van der Waals surface area contributed by atoms with Gasteiger partial charge in [-0.1, -0.05) is 23.8 Å². The number of benzene rings is 1. The van der Waals surface area contributed by atoms with E-state index in [0.29, 0.717) is 6.54 Å². The highest BCUT2D eigenvalue weighted by Crippen LogP contribution is 2.33. The second-order valence-electron chi connectivity index (χ2n) is 7.98. The van der Waals surface area contributed by atoms with Crippen molar-refractivity contribution in [3.63, 3.8) is 0 Å². The van der Waals surface area contributed by atoms with Crippen LogP contribution in [0.5, 0.6) is 0 Å². The van der Waals surface area contributed by atoms with E-state index in [4.69, 9.17) is 10.1 Å². The van der Waals surface area contributed by atoms with E-state index >= 15 is 0 Å². The summed E-state index contributed by atoms with van der Waals surface area (Å²) in [4.78, 5) is 7.30. The summed E-state index contributed by atoms with van der Waals surface area (Å²) in [6.07, 6.45) is 6.16. The molecule has 3 heterocycles. The molecule has 3 aromatic rings. The lowest BCUT2D eigenvalue weighted by molar-refractivity contribution is 0.153. The Morgan fingerprint density at radius 3 is 2.85 bits per heavy atom. The molecule has 5 rings (SSSR count). The lowest BCUT2D eigenvalue weighted by Gasteiger charge is -2.34. The second-order valence-corrected chi connectivity index (χ2v) is 7.98. The zero-order valence-electron chi connectivity index (χ0n) is 15.9. The van der Waals surface area contributed by atoms with Gasteiger partial charge in [0.05, 0.1) is 11.8 Å². The molecule has 1 aliphatic carbocycles. The molecule has 0 radical (unpaired) electrons. The minimum absolute atomic E-state index is 0.256. The van der Waals surface area contributed by atoms with E-state index < -0.39 is 0 Å². The van der Waals surface area contributed by atoms with Gasteiger partial charge in [0.2, 0.25) is 0 Å². The van der Waals surface area contributed by atoms with E-state index in [1.807, 2.05) is 4.52 Å². The highest BCUT2D eigenvalue weighted by molar-refractivity contribution is 5.68. The van der Waals surface area contributed by atoms with Gasteiger partial charge < -0.3 is 10.0 Å². The maximum Gasteiger partial charge on any atom is 0.158 e. The van der Waals surface area contributed by atoms with Crippen LogP contribution in [0, 0.1) is 6.92 Å². The summed E-state index contributed by atoms with van der Waals surface area (Å²) >= 11 is 0. The third kappa shape index (κ3) is 3.00. The topological polar surface area (TPSA) is 53.7 Å². The fourth-order valence-corrected chi connectivity index (χ4v) is 4.54. The highest BCUT2D eigenvalue weighted by Gasteiger charge is 2.27. The van der Waals surface area contributed by atoms with Gasteiger partial charge in [-0.05, 0) is 51.5 Å². The van der Waals surface area contributed by atoms with Crippen LogP contribution in [0.2, 0.25) is 0 Å². The molecule has 0 bridgehead atoms. The molecule has 0 saturated carbocycles. The summed E-state index contributed by atoms with van der Waals surface area (Å²) in [5.74, 6) is 1.16. The SMILES string of the molecule is Cc1cccc(-c2cc3nc4c(c(N5CCCC(O)C5)n3n2)CCCC4)c1. The Morgan fingerprint density at radius 1 is 1.11 bits per heavy atom. The Bertz CT molecular complexity index is 993. The fourth-order valence-electron chi connectivity index (χ4n) is 4.54. The summed E-state index contributed by atoms with van der Waals surface area (Å²) in [6.45, 7) is 3.77. The minimum atomic E-state index is -0.256. The van der Waals surface area contributed by atoms with Crippen molar-refractivity contribution in [3.05, 3.63) is 47.2 Å². The maximum atomic E-state index is 10.2. The van der Waals surface area contributed by atoms with E-state index in [2.05, 4.69) is 42.2 Å². The molecule has 1 unspecified atom stereocenters. The van der Waals surface area contributed by atoms with E-state index in [-0.39, 0.29) is 6.10 Å². The van der Waals surface area contributed by atoms with Crippen molar-refractivity contribution in [2.75, 3.05) is 18.0 Å². The number of aromatic nitrogens is 3. The van der Waals surface area contributed by atoms with Crippen molar-refractivity contribution in [2.24, 2.45) is 0 Å². The first kappa shape index (κ1) is 16.8. The van der Waals surface area contributed by atoms with Gasteiger partial charge in [-0.3, -0.25) is 0 Å². The molecule has 5 heteroatoms. The van der Waals surface area contributed by atoms with Crippen molar-refractivity contribution in [2.45, 2.75) is 51.6 Å². The largest absolute Gasteiger partial charge is 0.391 e. The number of aliphatic hydroxyl groups excluding tert-OH is 1. The number of hydrogen-bond acceptors (Lipinski definition) is 4. The quantitative estimate of drug-likeness (QED) is 0.758. The van der Waals surface area contributed by atoms with Crippen LogP contribution in [0.25, 0.3) is 16.9 Å². The minimum Gasteiger partial charge on any atom is -0.391 e. The van der Waals surface area contributed by atoms with Crippen molar-refractivity contribution in [1.29, 1.82) is 0 Å². The predicted octanol–water partition coefficient (Wildman–Crippen LogP) is 3.54. The molecular weight excluding hydrogens is 336 g/mol. The molecule has 1 N–H and O–H groups in total. The van der Waals surface area contributed by atoms with E-state index in [0.717, 1.165) is 55.0 Å². The van der Waals surface area contributed by atoms with Crippen molar-refractivity contribution in [1.82, 2.24) is 14.6 Å². The summed E-state index contributed by atoms with van der Waals surface area (Å²) in [5.41, 5.74) is 6.80. The van der Waals surface area contributed by atoms with E-state index in [9.17, 15) is 5.11 Å². The molecule has 27 heavy (non-hydrogen) atoms. The lowest BCUT2D eigenvalue weighted by atomic mass is 9.95. The molecule has 1 saturated heterocycles. The number of piperidine rings is 1. The third-order valence-corrected chi connectivity index (χ3v) is 5.86. The average Bonchev–Trinajstić information content (AvgIpc) is 3.09. The summed E-state index contributed by atoms with van der Waals surface area (Å²) in [6, 6.07) is 10.6. The van der Waals surface area contributed by atoms with Gasteiger partial charge in [-0.2, -0.15) is 9.61 Å². The van der Waals surface area contributed by atoms with E-state index in [1.165, 1.54) is 29.7 Å². The molecule has 0 spiro atoms. The molecule has 1 aliphatic heterocycles. The van der Waals surface area contributed by atoms with Gasteiger partial charge in [-0.25, -0.2) is 4.98 Å². The zero-order chi connectivity index (χ0) is 18.4.